The minimum Gasteiger partial charge on any atom is -0.457 e. The van der Waals surface area contributed by atoms with Crippen LogP contribution >= 0.6 is 0 Å². The minimum atomic E-state index is 0.733. The summed E-state index contributed by atoms with van der Waals surface area (Å²) in [5.41, 5.74) is 5.69. The van der Waals surface area contributed by atoms with Crippen LogP contribution in [0.15, 0.2) is 122 Å². The van der Waals surface area contributed by atoms with Gasteiger partial charge in [-0.15, -0.1) is 0 Å². The van der Waals surface area contributed by atoms with Gasteiger partial charge in [0.05, 0.1) is 11.2 Å². The maximum absolute atomic E-state index is 6.44. The second-order valence-electron chi connectivity index (χ2n) is 10.1. The van der Waals surface area contributed by atoms with Gasteiger partial charge >= 0.3 is 0 Å². The molecular formula is C34H20N6O. The summed E-state index contributed by atoms with van der Waals surface area (Å²) in [7, 11) is 0. The molecule has 6 aromatic heterocycles. The van der Waals surface area contributed by atoms with Gasteiger partial charge in [-0.25, -0.2) is 15.0 Å². The fourth-order valence-electron chi connectivity index (χ4n) is 5.94. The van der Waals surface area contributed by atoms with Crippen LogP contribution < -0.4 is 4.74 Å². The molecule has 0 saturated carbocycles. The Kier molecular flexibility index (Phi) is 4.48. The molecule has 0 aliphatic rings. The molecule has 7 heteroatoms. The second kappa shape index (κ2) is 8.34. The zero-order valence-corrected chi connectivity index (χ0v) is 21.6. The van der Waals surface area contributed by atoms with Crippen LogP contribution in [0.4, 0.5) is 0 Å². The van der Waals surface area contributed by atoms with E-state index in [-0.39, 0.29) is 0 Å². The number of hydrogen-bond acceptors (Lipinski definition) is 5. The van der Waals surface area contributed by atoms with E-state index in [4.69, 9.17) is 14.7 Å². The number of pyridine rings is 4. The molecule has 0 radical (unpaired) electrons. The molecule has 7 nitrogen and oxygen atoms in total. The number of hydrogen-bond donors (Lipinski definition) is 0. The zero-order chi connectivity index (χ0) is 26.9. The molecule has 9 aromatic rings. The summed E-state index contributed by atoms with van der Waals surface area (Å²) in [4.78, 5) is 18.7. The van der Waals surface area contributed by atoms with Crippen LogP contribution in [0.2, 0.25) is 0 Å². The summed E-state index contributed by atoms with van der Waals surface area (Å²) in [6.07, 6.45) is 11.3. The van der Waals surface area contributed by atoms with Crippen LogP contribution in [0.1, 0.15) is 0 Å². The third-order valence-electron chi connectivity index (χ3n) is 7.79. The van der Waals surface area contributed by atoms with Crippen molar-refractivity contribution in [3.63, 3.8) is 0 Å². The van der Waals surface area contributed by atoms with E-state index in [0.717, 1.165) is 77.5 Å². The van der Waals surface area contributed by atoms with E-state index in [1.165, 1.54) is 0 Å². The molecule has 0 N–H and O–H groups in total. The summed E-state index contributed by atoms with van der Waals surface area (Å²) in [5.74, 6) is 1.47. The third-order valence-corrected chi connectivity index (χ3v) is 7.79. The number of imidazole rings is 2. The fraction of sp³-hybridized carbons (Fsp3) is 0. The van der Waals surface area contributed by atoms with Crippen LogP contribution in [-0.2, 0) is 0 Å². The first-order valence-electron chi connectivity index (χ1n) is 13.4. The highest BCUT2D eigenvalue weighted by atomic mass is 16.5. The highest BCUT2D eigenvalue weighted by molar-refractivity contribution is 6.12. The molecule has 0 amide bonds. The lowest BCUT2D eigenvalue weighted by molar-refractivity contribution is 0.484. The fourth-order valence-corrected chi connectivity index (χ4v) is 5.94. The molecule has 0 saturated heterocycles. The highest BCUT2D eigenvalue weighted by Crippen LogP contribution is 2.36. The van der Waals surface area contributed by atoms with Crippen molar-refractivity contribution in [3.8, 4) is 22.8 Å². The maximum atomic E-state index is 6.44. The average Bonchev–Trinajstić information content (AvgIpc) is 3.73. The predicted molar refractivity (Wildman–Crippen MR) is 162 cm³/mol. The second-order valence-corrected chi connectivity index (χ2v) is 10.1. The van der Waals surface area contributed by atoms with Gasteiger partial charge in [0.25, 0.3) is 0 Å². The van der Waals surface area contributed by atoms with Gasteiger partial charge in [0.15, 0.2) is 0 Å². The van der Waals surface area contributed by atoms with Crippen molar-refractivity contribution in [2.45, 2.75) is 0 Å². The first-order chi connectivity index (χ1) is 20.3. The van der Waals surface area contributed by atoms with E-state index in [2.05, 4.69) is 67.3 Å². The average molecular weight is 529 g/mol. The van der Waals surface area contributed by atoms with Crippen molar-refractivity contribution >= 4 is 54.8 Å². The van der Waals surface area contributed by atoms with Crippen molar-refractivity contribution < 1.29 is 4.74 Å². The smallest absolute Gasteiger partial charge is 0.146 e. The Morgan fingerprint density at radius 3 is 2.00 bits per heavy atom. The van der Waals surface area contributed by atoms with Crippen LogP contribution in [0, 0.1) is 0 Å². The molecule has 0 aliphatic heterocycles. The van der Waals surface area contributed by atoms with E-state index >= 15 is 0 Å². The SMILES string of the molecule is c1ccc(-c2ccc3c4ccc(Oc5ccc6c7cnccc7n7ccnc7c6c5)cc4c4nccn4c3n2)cc1. The van der Waals surface area contributed by atoms with Gasteiger partial charge in [0.1, 0.15) is 28.4 Å². The van der Waals surface area contributed by atoms with E-state index in [0.29, 0.717) is 0 Å². The van der Waals surface area contributed by atoms with E-state index in [1.807, 2.05) is 73.6 Å². The predicted octanol–water partition coefficient (Wildman–Crippen LogP) is 7.84. The topological polar surface area (TPSA) is 69.6 Å². The molecule has 9 rings (SSSR count). The Morgan fingerprint density at radius 1 is 0.537 bits per heavy atom. The van der Waals surface area contributed by atoms with Gasteiger partial charge in [0.2, 0.25) is 0 Å². The maximum Gasteiger partial charge on any atom is 0.146 e. The van der Waals surface area contributed by atoms with Crippen molar-refractivity contribution in [2.75, 3.05) is 0 Å². The highest BCUT2D eigenvalue weighted by Gasteiger charge is 2.14. The number of ether oxygens (including phenoxy) is 1. The number of aromatic nitrogens is 6. The van der Waals surface area contributed by atoms with E-state index in [1.54, 1.807) is 0 Å². The van der Waals surface area contributed by atoms with Crippen LogP contribution in [0.3, 0.4) is 0 Å². The Balaban J connectivity index is 1.18. The van der Waals surface area contributed by atoms with Gasteiger partial charge in [-0.3, -0.25) is 13.8 Å². The minimum absolute atomic E-state index is 0.733. The standard InChI is InChI=1S/C34H20N6O/c1-2-4-21(5-3-1)30-11-10-26-24-8-6-22(18-27(24)33-37-15-17-40(33)34(26)38-30)41-23-7-9-25-28(19-23)32-36-14-16-39(32)31-12-13-35-20-29(25)31/h1-20H. The Bertz CT molecular complexity index is 2460. The Labute approximate surface area is 233 Å². The molecule has 0 spiro atoms. The van der Waals surface area contributed by atoms with Crippen molar-refractivity contribution in [3.05, 3.63) is 122 Å². The van der Waals surface area contributed by atoms with Crippen molar-refractivity contribution in [1.29, 1.82) is 0 Å². The molecule has 192 valence electrons. The van der Waals surface area contributed by atoms with Gasteiger partial charge in [-0.2, -0.15) is 0 Å². The lowest BCUT2D eigenvalue weighted by Gasteiger charge is -2.13. The van der Waals surface area contributed by atoms with Crippen LogP contribution in [0.5, 0.6) is 11.5 Å². The quantitative estimate of drug-likeness (QED) is 0.219. The lowest BCUT2D eigenvalue weighted by atomic mass is 10.1. The molecule has 0 aliphatic carbocycles. The summed E-state index contributed by atoms with van der Waals surface area (Å²) in [6.45, 7) is 0. The molecule has 0 fully saturated rings. The summed E-state index contributed by atoms with van der Waals surface area (Å²) < 4.78 is 10.6. The van der Waals surface area contributed by atoms with Crippen LogP contribution in [0.25, 0.3) is 66.0 Å². The molecular weight excluding hydrogens is 508 g/mol. The molecule has 41 heavy (non-hydrogen) atoms. The van der Waals surface area contributed by atoms with Crippen LogP contribution in [-0.4, -0.2) is 28.7 Å². The summed E-state index contributed by atoms with van der Waals surface area (Å²) in [5, 5.41) is 6.31. The van der Waals surface area contributed by atoms with Gasteiger partial charge in [-0.05, 0) is 65.4 Å². The third kappa shape index (κ3) is 3.26. The largest absolute Gasteiger partial charge is 0.457 e. The van der Waals surface area contributed by atoms with Crippen molar-refractivity contribution in [1.82, 2.24) is 28.7 Å². The van der Waals surface area contributed by atoms with E-state index in [9.17, 15) is 0 Å². The number of nitrogens with zero attached hydrogens (tertiary/aromatic N) is 6. The Hall–Kier alpha value is -5.82. The lowest BCUT2D eigenvalue weighted by Crippen LogP contribution is -1.95. The molecule has 0 unspecified atom stereocenters. The molecule has 0 atom stereocenters. The zero-order valence-electron chi connectivity index (χ0n) is 21.6. The number of fused-ring (bicyclic) bond motifs is 12. The normalized spacial score (nSPS) is 11.9. The summed E-state index contributed by atoms with van der Waals surface area (Å²) in [6, 6.07) is 28.8. The van der Waals surface area contributed by atoms with Crippen molar-refractivity contribution in [2.24, 2.45) is 0 Å². The summed E-state index contributed by atoms with van der Waals surface area (Å²) >= 11 is 0. The number of benzene rings is 3. The first-order valence-corrected chi connectivity index (χ1v) is 13.4. The molecule has 6 heterocycles. The Morgan fingerprint density at radius 2 is 1.22 bits per heavy atom. The monoisotopic (exact) mass is 528 g/mol. The number of rotatable bonds is 3. The van der Waals surface area contributed by atoms with E-state index < -0.39 is 0 Å². The van der Waals surface area contributed by atoms with Gasteiger partial charge < -0.3 is 4.74 Å². The van der Waals surface area contributed by atoms with Gasteiger partial charge in [-0.1, -0.05) is 30.3 Å². The molecule has 3 aromatic carbocycles. The first kappa shape index (κ1) is 22.0. The molecule has 0 bridgehead atoms. The van der Waals surface area contributed by atoms with Gasteiger partial charge in [0, 0.05) is 64.3 Å².